The van der Waals surface area contributed by atoms with Crippen molar-refractivity contribution in [3.8, 4) is 0 Å². The van der Waals surface area contributed by atoms with Crippen molar-refractivity contribution in [2.45, 2.75) is 0 Å². The highest BCUT2D eigenvalue weighted by molar-refractivity contribution is 7.14. The first-order valence-corrected chi connectivity index (χ1v) is 4.96. The van der Waals surface area contributed by atoms with E-state index >= 15 is 0 Å². The largest absolute Gasteiger partial charge is 0.387 e. The molecule has 3 rings (SSSR count). The molecule has 0 aliphatic rings. The molecule has 2 aromatic heterocycles. The molecule has 1 aromatic carbocycles. The number of fused-ring (bicyclic) bond motifs is 2. The van der Waals surface area contributed by atoms with Crippen LogP contribution in [0, 0.1) is 0 Å². The summed E-state index contributed by atoms with van der Waals surface area (Å²) >= 11 is 1.65. The van der Waals surface area contributed by atoms with Gasteiger partial charge >= 0.3 is 4.96 Å². The van der Waals surface area contributed by atoms with Crippen LogP contribution in [-0.2, 0) is 0 Å². The van der Waals surface area contributed by atoms with Crippen LogP contribution in [0.2, 0.25) is 0 Å². The van der Waals surface area contributed by atoms with Crippen LogP contribution in [0.25, 0.3) is 15.9 Å². The second-order valence-electron chi connectivity index (χ2n) is 2.89. The van der Waals surface area contributed by atoms with Gasteiger partial charge in [-0.2, -0.15) is 4.40 Å². The number of para-hydroxylation sites is 1. The molecule has 2 heterocycles. The molecule has 0 bridgehead atoms. The zero-order chi connectivity index (χ0) is 8.67. The maximum absolute atomic E-state index is 4.52. The maximum Gasteiger partial charge on any atom is 0.387 e. The van der Waals surface area contributed by atoms with Crippen molar-refractivity contribution in [1.29, 1.82) is 0 Å². The van der Waals surface area contributed by atoms with Crippen LogP contribution < -0.4 is 4.40 Å². The third-order valence-corrected chi connectivity index (χ3v) is 2.82. The summed E-state index contributed by atoms with van der Waals surface area (Å²) in [6.45, 7) is 0. The number of thiazole rings is 1. The van der Waals surface area contributed by atoms with Gasteiger partial charge in [-0.3, -0.25) is 0 Å². The fraction of sp³-hybridized carbons (Fsp3) is 0. The van der Waals surface area contributed by atoms with Crippen molar-refractivity contribution >= 4 is 27.2 Å². The van der Waals surface area contributed by atoms with Gasteiger partial charge in [0, 0.05) is 5.38 Å². The smallest absolute Gasteiger partial charge is 0.192 e. The lowest BCUT2D eigenvalue weighted by Gasteiger charge is -1.88. The van der Waals surface area contributed by atoms with E-state index in [0.29, 0.717) is 0 Å². The van der Waals surface area contributed by atoms with Crippen molar-refractivity contribution in [3.63, 3.8) is 0 Å². The lowest BCUT2D eigenvalue weighted by Crippen LogP contribution is -2.17. The molecule has 0 spiro atoms. The summed E-state index contributed by atoms with van der Waals surface area (Å²) in [6.07, 6.45) is 4.13. The summed E-state index contributed by atoms with van der Waals surface area (Å²) in [7, 11) is 0. The highest BCUT2D eigenvalue weighted by Gasteiger charge is 2.07. The van der Waals surface area contributed by atoms with Crippen LogP contribution in [0.3, 0.4) is 0 Å². The van der Waals surface area contributed by atoms with E-state index in [4.69, 9.17) is 0 Å². The van der Waals surface area contributed by atoms with Gasteiger partial charge in [0.1, 0.15) is 12.4 Å². The molecule has 0 saturated carbocycles. The molecule has 0 aliphatic carbocycles. The van der Waals surface area contributed by atoms with E-state index in [9.17, 15) is 0 Å². The van der Waals surface area contributed by atoms with E-state index in [2.05, 4.69) is 17.2 Å². The minimum atomic E-state index is 1.04. The summed E-state index contributed by atoms with van der Waals surface area (Å²) in [5.74, 6) is 0. The molecule has 0 N–H and O–H groups in total. The predicted octanol–water partition coefficient (Wildman–Crippen LogP) is 2.03. The number of nitrogens with zero attached hydrogens (tertiary/aromatic N) is 2. The summed E-state index contributed by atoms with van der Waals surface area (Å²) in [5.41, 5.74) is 1.06. The molecular weight excluding hydrogens is 180 g/mol. The molecule has 62 valence electrons. The zero-order valence-electron chi connectivity index (χ0n) is 6.84. The first-order valence-electron chi connectivity index (χ1n) is 4.08. The molecule has 0 atom stereocenters. The molecule has 2 nitrogen and oxygen atoms in total. The Morgan fingerprint density at radius 1 is 1.23 bits per heavy atom. The standard InChI is InChI=1S/C10H7N2S/c1-2-4-9-8(3-1)7-12-5-6-13-10(12)11-9/h1-7H/q+1. The highest BCUT2D eigenvalue weighted by Crippen LogP contribution is 2.11. The Bertz CT molecular complexity index is 521. The summed E-state index contributed by atoms with van der Waals surface area (Å²) in [4.78, 5) is 5.56. The van der Waals surface area contributed by atoms with Crippen LogP contribution in [0.1, 0.15) is 0 Å². The molecule has 3 aromatic rings. The number of hydrogen-bond donors (Lipinski definition) is 0. The Labute approximate surface area is 79.1 Å². The van der Waals surface area contributed by atoms with E-state index < -0.39 is 0 Å². The van der Waals surface area contributed by atoms with Gasteiger partial charge in [-0.15, -0.1) is 0 Å². The molecule has 13 heavy (non-hydrogen) atoms. The van der Waals surface area contributed by atoms with Crippen molar-refractivity contribution in [1.82, 2.24) is 4.98 Å². The van der Waals surface area contributed by atoms with Gasteiger partial charge in [-0.05, 0) is 17.1 Å². The number of hydrogen-bond acceptors (Lipinski definition) is 2. The van der Waals surface area contributed by atoms with E-state index in [1.165, 1.54) is 5.39 Å². The Balaban J connectivity index is 2.57. The van der Waals surface area contributed by atoms with Crippen LogP contribution in [0.15, 0.2) is 42.0 Å². The minimum Gasteiger partial charge on any atom is -0.192 e. The van der Waals surface area contributed by atoms with Gasteiger partial charge in [0.25, 0.3) is 0 Å². The maximum atomic E-state index is 4.52. The van der Waals surface area contributed by atoms with E-state index in [1.807, 2.05) is 34.2 Å². The Morgan fingerprint density at radius 3 is 3.15 bits per heavy atom. The third-order valence-electron chi connectivity index (χ3n) is 2.05. The molecule has 0 unspecified atom stereocenters. The summed E-state index contributed by atoms with van der Waals surface area (Å²) in [6, 6.07) is 8.16. The molecule has 0 fully saturated rings. The molecule has 0 saturated heterocycles. The lowest BCUT2D eigenvalue weighted by atomic mass is 10.2. The molecule has 0 aliphatic heterocycles. The van der Waals surface area contributed by atoms with Gasteiger partial charge in [-0.1, -0.05) is 23.5 Å². The zero-order valence-corrected chi connectivity index (χ0v) is 7.66. The van der Waals surface area contributed by atoms with Gasteiger partial charge in [0.2, 0.25) is 0 Å². The predicted molar refractivity (Wildman–Crippen MR) is 52.8 cm³/mol. The fourth-order valence-corrected chi connectivity index (χ4v) is 2.12. The number of aromatic nitrogens is 2. The topological polar surface area (TPSA) is 17.0 Å². The van der Waals surface area contributed by atoms with Gasteiger partial charge in [0.05, 0.1) is 5.39 Å². The van der Waals surface area contributed by atoms with E-state index in [1.54, 1.807) is 11.3 Å². The van der Waals surface area contributed by atoms with Crippen molar-refractivity contribution in [3.05, 3.63) is 42.0 Å². The van der Waals surface area contributed by atoms with Gasteiger partial charge in [-0.25, -0.2) is 0 Å². The van der Waals surface area contributed by atoms with Crippen LogP contribution in [0.5, 0.6) is 0 Å². The number of benzene rings is 1. The normalized spacial score (nSPS) is 11.1. The van der Waals surface area contributed by atoms with Gasteiger partial charge < -0.3 is 0 Å². The Hall–Kier alpha value is -1.48. The average Bonchev–Trinajstić information content (AvgIpc) is 2.61. The first-order chi connectivity index (χ1) is 6.43. The minimum absolute atomic E-state index is 1.04. The average molecular weight is 187 g/mol. The molecular formula is C10H7N2S+. The fourth-order valence-electron chi connectivity index (χ4n) is 1.42. The van der Waals surface area contributed by atoms with Crippen LogP contribution in [0.4, 0.5) is 0 Å². The van der Waals surface area contributed by atoms with Crippen LogP contribution in [-0.4, -0.2) is 4.98 Å². The van der Waals surface area contributed by atoms with Crippen molar-refractivity contribution in [2.24, 2.45) is 0 Å². The lowest BCUT2D eigenvalue weighted by molar-refractivity contribution is -0.508. The Morgan fingerprint density at radius 2 is 2.15 bits per heavy atom. The summed E-state index contributed by atoms with van der Waals surface area (Å²) < 4.78 is 2.05. The second-order valence-corrected chi connectivity index (χ2v) is 3.77. The van der Waals surface area contributed by atoms with E-state index in [-0.39, 0.29) is 0 Å². The first kappa shape index (κ1) is 6.97. The van der Waals surface area contributed by atoms with Crippen molar-refractivity contribution in [2.75, 3.05) is 0 Å². The highest BCUT2D eigenvalue weighted by atomic mass is 32.1. The third kappa shape index (κ3) is 1.01. The Kier molecular flexibility index (Phi) is 1.34. The van der Waals surface area contributed by atoms with Crippen molar-refractivity contribution < 1.29 is 4.40 Å². The molecule has 3 heteroatoms. The SMILES string of the molecule is c1ccc2nc3scc[n+]3cc2c1. The second kappa shape index (κ2) is 2.50. The number of rotatable bonds is 0. The van der Waals surface area contributed by atoms with E-state index in [0.717, 1.165) is 10.5 Å². The molecule has 0 radical (unpaired) electrons. The van der Waals surface area contributed by atoms with Gasteiger partial charge in [0.15, 0.2) is 5.52 Å². The monoisotopic (exact) mass is 187 g/mol. The van der Waals surface area contributed by atoms with Crippen LogP contribution >= 0.6 is 11.3 Å². The quantitative estimate of drug-likeness (QED) is 0.492. The summed E-state index contributed by atoms with van der Waals surface area (Å²) in [5, 5.41) is 3.22. The molecule has 0 amide bonds.